The van der Waals surface area contributed by atoms with Crippen LogP contribution in [0.5, 0.6) is 0 Å². The zero-order valence-corrected chi connectivity index (χ0v) is 9.50. The van der Waals surface area contributed by atoms with Crippen molar-refractivity contribution in [1.82, 2.24) is 10.2 Å². The molecule has 0 aromatic carbocycles. The molecule has 3 N–H and O–H groups in total. The highest BCUT2D eigenvalue weighted by molar-refractivity contribution is 5.22. The minimum atomic E-state index is 0.216. The van der Waals surface area contributed by atoms with Gasteiger partial charge in [0.25, 0.3) is 0 Å². The van der Waals surface area contributed by atoms with Crippen molar-refractivity contribution in [2.45, 2.75) is 57.4 Å². The molecule has 15 heavy (non-hydrogen) atoms. The zero-order valence-electron chi connectivity index (χ0n) is 9.50. The monoisotopic (exact) mass is 207 g/mol. The summed E-state index contributed by atoms with van der Waals surface area (Å²) in [7, 11) is 0. The second-order valence-corrected chi connectivity index (χ2v) is 4.82. The van der Waals surface area contributed by atoms with Crippen molar-refractivity contribution in [3.63, 3.8) is 0 Å². The third kappa shape index (κ3) is 2.59. The lowest BCUT2D eigenvalue weighted by Crippen LogP contribution is -2.19. The van der Waals surface area contributed by atoms with E-state index < -0.39 is 0 Å². The summed E-state index contributed by atoms with van der Waals surface area (Å²) >= 11 is 0. The Labute approximate surface area is 91.4 Å². The third-order valence-corrected chi connectivity index (χ3v) is 3.32. The van der Waals surface area contributed by atoms with Crippen LogP contribution >= 0.6 is 0 Å². The lowest BCUT2D eigenvalue weighted by atomic mass is 9.83. The van der Waals surface area contributed by atoms with Gasteiger partial charge in [-0.15, -0.1) is 0 Å². The third-order valence-electron chi connectivity index (χ3n) is 3.32. The number of rotatable bonds is 3. The Hall–Kier alpha value is -0.830. The Morgan fingerprint density at radius 1 is 1.47 bits per heavy atom. The Morgan fingerprint density at radius 2 is 2.20 bits per heavy atom. The van der Waals surface area contributed by atoms with E-state index in [-0.39, 0.29) is 6.04 Å². The van der Waals surface area contributed by atoms with E-state index in [0.29, 0.717) is 0 Å². The van der Waals surface area contributed by atoms with E-state index in [9.17, 15) is 0 Å². The van der Waals surface area contributed by atoms with Crippen LogP contribution in [0, 0.1) is 0 Å². The summed E-state index contributed by atoms with van der Waals surface area (Å²) in [6.07, 6.45) is 9.72. The van der Waals surface area contributed by atoms with Crippen LogP contribution < -0.4 is 5.73 Å². The van der Waals surface area contributed by atoms with E-state index in [1.54, 1.807) is 0 Å². The lowest BCUT2D eigenvalue weighted by molar-refractivity contribution is 0.441. The van der Waals surface area contributed by atoms with Gasteiger partial charge in [0.2, 0.25) is 0 Å². The summed E-state index contributed by atoms with van der Waals surface area (Å²) in [5.41, 5.74) is 8.52. The van der Waals surface area contributed by atoms with Crippen LogP contribution in [0.15, 0.2) is 6.20 Å². The highest BCUT2D eigenvalue weighted by atomic mass is 15.1. The van der Waals surface area contributed by atoms with Gasteiger partial charge in [0.1, 0.15) is 0 Å². The van der Waals surface area contributed by atoms with Crippen molar-refractivity contribution in [2.24, 2.45) is 5.73 Å². The van der Waals surface area contributed by atoms with Crippen molar-refractivity contribution in [2.75, 3.05) is 0 Å². The predicted molar refractivity (Wildman–Crippen MR) is 61.8 cm³/mol. The van der Waals surface area contributed by atoms with Crippen LogP contribution in [0.25, 0.3) is 0 Å². The van der Waals surface area contributed by atoms with E-state index in [1.807, 2.05) is 13.1 Å². The number of nitrogens with two attached hydrogens (primary N) is 1. The molecule has 3 heteroatoms. The molecule has 0 radical (unpaired) electrons. The van der Waals surface area contributed by atoms with Gasteiger partial charge in [-0.2, -0.15) is 5.10 Å². The minimum absolute atomic E-state index is 0.216. The Morgan fingerprint density at radius 3 is 2.87 bits per heavy atom. The number of nitrogens with zero attached hydrogens (tertiary/aromatic N) is 1. The van der Waals surface area contributed by atoms with Gasteiger partial charge >= 0.3 is 0 Å². The minimum Gasteiger partial charge on any atom is -0.328 e. The molecule has 1 aliphatic rings. The maximum atomic E-state index is 5.83. The molecule has 1 aromatic rings. The van der Waals surface area contributed by atoms with Crippen LogP contribution in [0.2, 0.25) is 0 Å². The van der Waals surface area contributed by atoms with Crippen LogP contribution in [0.4, 0.5) is 0 Å². The first-order valence-corrected chi connectivity index (χ1v) is 6.05. The molecule has 1 saturated carbocycles. The van der Waals surface area contributed by atoms with Crippen molar-refractivity contribution in [3.05, 3.63) is 17.5 Å². The first-order chi connectivity index (χ1) is 7.27. The van der Waals surface area contributed by atoms with E-state index in [2.05, 4.69) is 10.2 Å². The van der Waals surface area contributed by atoms with Gasteiger partial charge in [-0.05, 0) is 31.2 Å². The topological polar surface area (TPSA) is 54.7 Å². The molecule has 1 aromatic heterocycles. The summed E-state index contributed by atoms with van der Waals surface area (Å²) < 4.78 is 0. The second-order valence-electron chi connectivity index (χ2n) is 4.82. The van der Waals surface area contributed by atoms with Gasteiger partial charge in [0, 0.05) is 18.2 Å². The number of aromatic amines is 1. The molecule has 2 rings (SSSR count). The molecule has 3 nitrogen and oxygen atoms in total. The summed E-state index contributed by atoms with van der Waals surface area (Å²) in [4.78, 5) is 0. The van der Waals surface area contributed by atoms with Gasteiger partial charge in [-0.3, -0.25) is 5.10 Å². The summed E-state index contributed by atoms with van der Waals surface area (Å²) in [6.45, 7) is 2.05. The van der Waals surface area contributed by atoms with Gasteiger partial charge in [-0.1, -0.05) is 19.3 Å². The van der Waals surface area contributed by atoms with Crippen LogP contribution in [-0.2, 0) is 6.42 Å². The molecule has 1 aliphatic carbocycles. The number of nitrogens with one attached hydrogen (secondary N) is 1. The highest BCUT2D eigenvalue weighted by Gasteiger charge is 2.20. The first kappa shape index (κ1) is 10.7. The van der Waals surface area contributed by atoms with Crippen molar-refractivity contribution in [1.29, 1.82) is 0 Å². The fourth-order valence-electron chi connectivity index (χ4n) is 2.57. The molecule has 0 bridgehead atoms. The summed E-state index contributed by atoms with van der Waals surface area (Å²) in [5.74, 6) is 0.728. The molecule has 1 fully saturated rings. The molecule has 84 valence electrons. The predicted octanol–water partition coefficient (Wildman–Crippen LogP) is 2.35. The quantitative estimate of drug-likeness (QED) is 0.799. The van der Waals surface area contributed by atoms with Gasteiger partial charge in [0.15, 0.2) is 0 Å². The Kier molecular flexibility index (Phi) is 3.41. The highest BCUT2D eigenvalue weighted by Crippen LogP contribution is 2.33. The van der Waals surface area contributed by atoms with E-state index >= 15 is 0 Å². The number of H-pyrrole nitrogens is 1. The SMILES string of the molecule is CC(N)Cc1[nH]ncc1C1CCCCC1. The van der Waals surface area contributed by atoms with Crippen LogP contribution in [0.3, 0.4) is 0 Å². The molecule has 0 amide bonds. The lowest BCUT2D eigenvalue weighted by Gasteiger charge is -2.21. The van der Waals surface area contributed by atoms with Gasteiger partial charge in [-0.25, -0.2) is 0 Å². The summed E-state index contributed by atoms with van der Waals surface area (Å²) in [5, 5.41) is 7.27. The van der Waals surface area contributed by atoms with Crippen molar-refractivity contribution >= 4 is 0 Å². The maximum absolute atomic E-state index is 5.83. The molecule has 0 spiro atoms. The first-order valence-electron chi connectivity index (χ1n) is 6.05. The molecule has 1 atom stereocenters. The van der Waals surface area contributed by atoms with E-state index in [1.165, 1.54) is 43.4 Å². The smallest absolute Gasteiger partial charge is 0.0524 e. The van der Waals surface area contributed by atoms with Crippen LogP contribution in [-0.4, -0.2) is 16.2 Å². The average Bonchev–Trinajstić information content (AvgIpc) is 2.66. The van der Waals surface area contributed by atoms with Crippen molar-refractivity contribution < 1.29 is 0 Å². The van der Waals surface area contributed by atoms with Gasteiger partial charge in [0.05, 0.1) is 6.20 Å². The van der Waals surface area contributed by atoms with Crippen molar-refractivity contribution in [3.8, 4) is 0 Å². The molecular formula is C12H21N3. The van der Waals surface area contributed by atoms with E-state index in [4.69, 9.17) is 5.73 Å². The fourth-order valence-corrected chi connectivity index (χ4v) is 2.57. The standard InChI is InChI=1S/C12H21N3/c1-9(13)7-12-11(8-14-15-12)10-5-3-2-4-6-10/h8-10H,2-7,13H2,1H3,(H,14,15). The average molecular weight is 207 g/mol. The van der Waals surface area contributed by atoms with Crippen LogP contribution in [0.1, 0.15) is 56.2 Å². The Balaban J connectivity index is 2.09. The molecule has 1 heterocycles. The molecule has 0 saturated heterocycles. The normalized spacial score (nSPS) is 20.4. The van der Waals surface area contributed by atoms with E-state index in [0.717, 1.165) is 12.3 Å². The number of aromatic nitrogens is 2. The molecular weight excluding hydrogens is 186 g/mol. The Bertz CT molecular complexity index is 298. The number of hydrogen-bond donors (Lipinski definition) is 2. The second kappa shape index (κ2) is 4.79. The largest absolute Gasteiger partial charge is 0.328 e. The van der Waals surface area contributed by atoms with Gasteiger partial charge < -0.3 is 5.73 Å². The fraction of sp³-hybridized carbons (Fsp3) is 0.750. The zero-order chi connectivity index (χ0) is 10.7. The summed E-state index contributed by atoms with van der Waals surface area (Å²) in [6, 6.07) is 0.216. The number of hydrogen-bond acceptors (Lipinski definition) is 2. The molecule has 1 unspecified atom stereocenters. The molecule has 0 aliphatic heterocycles. The maximum Gasteiger partial charge on any atom is 0.0524 e.